The number of amides is 1. The molecule has 0 aliphatic carbocycles. The van der Waals surface area contributed by atoms with Crippen molar-refractivity contribution in [3.05, 3.63) is 72.3 Å². The Balaban J connectivity index is 1.94. The van der Waals surface area contributed by atoms with Crippen molar-refractivity contribution in [1.29, 1.82) is 0 Å². The molecule has 3 rings (SSSR count). The average Bonchev–Trinajstić information content (AvgIpc) is 3.17. The van der Waals surface area contributed by atoms with Crippen molar-refractivity contribution in [2.45, 2.75) is 6.92 Å². The molecule has 0 aliphatic heterocycles. The summed E-state index contributed by atoms with van der Waals surface area (Å²) in [6.07, 6.45) is 2.97. The fourth-order valence-electron chi connectivity index (χ4n) is 2.53. The second kappa shape index (κ2) is 6.96. The Morgan fingerprint density at radius 3 is 2.56 bits per heavy atom. The van der Waals surface area contributed by atoms with Gasteiger partial charge in [-0.1, -0.05) is 12.1 Å². The van der Waals surface area contributed by atoms with Crippen LogP contribution in [0.3, 0.4) is 0 Å². The first-order valence-corrected chi connectivity index (χ1v) is 7.70. The highest BCUT2D eigenvalue weighted by molar-refractivity contribution is 6.06. The van der Waals surface area contributed by atoms with E-state index < -0.39 is 5.97 Å². The van der Waals surface area contributed by atoms with E-state index in [1.54, 1.807) is 41.3 Å². The highest BCUT2D eigenvalue weighted by atomic mass is 16.4. The van der Waals surface area contributed by atoms with Gasteiger partial charge in [0.05, 0.1) is 11.3 Å². The number of rotatable bonds is 5. The van der Waals surface area contributed by atoms with E-state index in [4.69, 9.17) is 5.11 Å². The SMILES string of the molecule is CCN(C(=O)c1cccc(-n2cncn2)c1)c1cccc(C(=O)O)c1. The molecule has 2 aromatic carbocycles. The number of benzene rings is 2. The molecular formula is C18H16N4O3. The Kier molecular flexibility index (Phi) is 4.56. The Hall–Kier alpha value is -3.48. The number of carbonyl (C=O) groups excluding carboxylic acids is 1. The van der Waals surface area contributed by atoms with Crippen molar-refractivity contribution in [3.8, 4) is 5.69 Å². The first-order chi connectivity index (χ1) is 12.1. The lowest BCUT2D eigenvalue weighted by Crippen LogP contribution is -2.30. The molecule has 0 unspecified atom stereocenters. The third kappa shape index (κ3) is 3.40. The highest BCUT2D eigenvalue weighted by Gasteiger charge is 2.18. The molecule has 0 spiro atoms. The van der Waals surface area contributed by atoms with Gasteiger partial charge in [-0.15, -0.1) is 0 Å². The zero-order valence-corrected chi connectivity index (χ0v) is 13.5. The smallest absolute Gasteiger partial charge is 0.335 e. The van der Waals surface area contributed by atoms with Crippen molar-refractivity contribution in [2.24, 2.45) is 0 Å². The van der Waals surface area contributed by atoms with E-state index in [9.17, 15) is 9.59 Å². The fourth-order valence-corrected chi connectivity index (χ4v) is 2.53. The van der Waals surface area contributed by atoms with Crippen molar-refractivity contribution < 1.29 is 14.7 Å². The zero-order valence-electron chi connectivity index (χ0n) is 13.5. The average molecular weight is 336 g/mol. The second-order valence-electron chi connectivity index (χ2n) is 5.30. The largest absolute Gasteiger partial charge is 0.478 e. The summed E-state index contributed by atoms with van der Waals surface area (Å²) in [5, 5.41) is 13.2. The van der Waals surface area contributed by atoms with E-state index in [0.717, 1.165) is 5.69 Å². The van der Waals surface area contributed by atoms with Crippen LogP contribution in [-0.4, -0.2) is 38.3 Å². The maximum absolute atomic E-state index is 12.9. The predicted octanol–water partition coefficient (Wildman–Crippen LogP) is 2.63. The number of aromatic nitrogens is 3. The van der Waals surface area contributed by atoms with Gasteiger partial charge in [0.15, 0.2) is 0 Å². The number of anilines is 1. The van der Waals surface area contributed by atoms with Crippen LogP contribution >= 0.6 is 0 Å². The van der Waals surface area contributed by atoms with Crippen LogP contribution in [0.1, 0.15) is 27.6 Å². The molecule has 0 fully saturated rings. The zero-order chi connectivity index (χ0) is 17.8. The summed E-state index contributed by atoms with van der Waals surface area (Å²) in [7, 11) is 0. The quantitative estimate of drug-likeness (QED) is 0.774. The fraction of sp³-hybridized carbons (Fsp3) is 0.111. The molecule has 0 saturated carbocycles. The summed E-state index contributed by atoms with van der Waals surface area (Å²) >= 11 is 0. The number of hydrogen-bond acceptors (Lipinski definition) is 4. The number of nitrogens with zero attached hydrogens (tertiary/aromatic N) is 4. The van der Waals surface area contributed by atoms with Crippen LogP contribution in [0.4, 0.5) is 5.69 Å². The van der Waals surface area contributed by atoms with E-state index in [2.05, 4.69) is 10.1 Å². The number of aromatic carboxylic acids is 1. The number of carbonyl (C=O) groups is 2. The summed E-state index contributed by atoms with van der Waals surface area (Å²) in [6.45, 7) is 2.25. The van der Waals surface area contributed by atoms with Gasteiger partial charge < -0.3 is 10.0 Å². The molecule has 1 heterocycles. The van der Waals surface area contributed by atoms with E-state index in [0.29, 0.717) is 17.8 Å². The summed E-state index contributed by atoms with van der Waals surface area (Å²) < 4.78 is 1.57. The van der Waals surface area contributed by atoms with E-state index in [-0.39, 0.29) is 11.5 Å². The number of carboxylic acid groups (broad SMARTS) is 1. The van der Waals surface area contributed by atoms with Crippen molar-refractivity contribution in [2.75, 3.05) is 11.4 Å². The Morgan fingerprint density at radius 2 is 1.88 bits per heavy atom. The predicted molar refractivity (Wildman–Crippen MR) is 92.1 cm³/mol. The van der Waals surface area contributed by atoms with Gasteiger partial charge in [-0.3, -0.25) is 4.79 Å². The van der Waals surface area contributed by atoms with Crippen molar-refractivity contribution >= 4 is 17.6 Å². The molecular weight excluding hydrogens is 320 g/mol. The maximum atomic E-state index is 12.9. The normalized spacial score (nSPS) is 10.4. The summed E-state index contributed by atoms with van der Waals surface area (Å²) in [6, 6.07) is 13.4. The molecule has 0 radical (unpaired) electrons. The van der Waals surface area contributed by atoms with Crippen LogP contribution in [0, 0.1) is 0 Å². The lowest BCUT2D eigenvalue weighted by molar-refractivity contribution is 0.0696. The van der Waals surface area contributed by atoms with Crippen LogP contribution in [-0.2, 0) is 0 Å². The Labute approximate surface area is 144 Å². The topological polar surface area (TPSA) is 88.3 Å². The molecule has 1 aromatic heterocycles. The van der Waals surface area contributed by atoms with Gasteiger partial charge >= 0.3 is 5.97 Å². The molecule has 0 aliphatic rings. The van der Waals surface area contributed by atoms with Crippen LogP contribution < -0.4 is 4.90 Å². The third-order valence-electron chi connectivity index (χ3n) is 3.74. The van der Waals surface area contributed by atoms with E-state index in [1.165, 1.54) is 23.4 Å². The molecule has 3 aromatic rings. The lowest BCUT2D eigenvalue weighted by Gasteiger charge is -2.21. The van der Waals surface area contributed by atoms with Gasteiger partial charge in [0.2, 0.25) is 0 Å². The maximum Gasteiger partial charge on any atom is 0.335 e. The lowest BCUT2D eigenvalue weighted by atomic mass is 10.1. The molecule has 0 atom stereocenters. The summed E-state index contributed by atoms with van der Waals surface area (Å²) in [5.74, 6) is -1.24. The number of carboxylic acids is 1. The molecule has 1 N–H and O–H groups in total. The minimum atomic E-state index is -1.03. The third-order valence-corrected chi connectivity index (χ3v) is 3.74. The van der Waals surface area contributed by atoms with Crippen LogP contribution in [0.5, 0.6) is 0 Å². The van der Waals surface area contributed by atoms with Gasteiger partial charge in [0, 0.05) is 17.8 Å². The van der Waals surface area contributed by atoms with E-state index in [1.807, 2.05) is 13.0 Å². The van der Waals surface area contributed by atoms with Crippen molar-refractivity contribution in [1.82, 2.24) is 14.8 Å². The molecule has 7 nitrogen and oxygen atoms in total. The van der Waals surface area contributed by atoms with Gasteiger partial charge in [-0.2, -0.15) is 5.10 Å². The van der Waals surface area contributed by atoms with E-state index >= 15 is 0 Å². The molecule has 7 heteroatoms. The Bertz CT molecular complexity index is 906. The molecule has 0 saturated heterocycles. The van der Waals surface area contributed by atoms with Crippen LogP contribution in [0.25, 0.3) is 5.69 Å². The first-order valence-electron chi connectivity index (χ1n) is 7.70. The summed E-state index contributed by atoms with van der Waals surface area (Å²) in [5.41, 5.74) is 1.88. The minimum Gasteiger partial charge on any atom is -0.478 e. The minimum absolute atomic E-state index is 0.139. The first kappa shape index (κ1) is 16.4. The molecule has 1 amide bonds. The van der Waals surface area contributed by atoms with Gasteiger partial charge in [-0.25, -0.2) is 14.5 Å². The molecule has 0 bridgehead atoms. The van der Waals surface area contributed by atoms with Gasteiger partial charge in [0.1, 0.15) is 12.7 Å². The van der Waals surface area contributed by atoms with Crippen LogP contribution in [0.15, 0.2) is 61.2 Å². The van der Waals surface area contributed by atoms with Gasteiger partial charge in [0.25, 0.3) is 5.91 Å². The van der Waals surface area contributed by atoms with Crippen LogP contribution in [0.2, 0.25) is 0 Å². The van der Waals surface area contributed by atoms with Gasteiger partial charge in [-0.05, 0) is 43.3 Å². The van der Waals surface area contributed by atoms with Crippen molar-refractivity contribution in [3.63, 3.8) is 0 Å². The molecule has 126 valence electrons. The number of hydrogen-bond donors (Lipinski definition) is 1. The standard InChI is InChI=1S/C18H16N4O3/c1-2-21(15-7-4-6-14(10-15)18(24)25)17(23)13-5-3-8-16(9-13)22-12-19-11-20-22/h3-12H,2H2,1H3,(H,24,25). The molecule has 25 heavy (non-hydrogen) atoms. The monoisotopic (exact) mass is 336 g/mol. The Morgan fingerprint density at radius 1 is 1.12 bits per heavy atom. The summed E-state index contributed by atoms with van der Waals surface area (Å²) in [4.78, 5) is 29.5. The highest BCUT2D eigenvalue weighted by Crippen LogP contribution is 2.20. The second-order valence-corrected chi connectivity index (χ2v) is 5.30.